The summed E-state index contributed by atoms with van der Waals surface area (Å²) in [5, 5.41) is 3.48. The molecule has 1 N–H and O–H groups in total. The first-order valence-electron chi connectivity index (χ1n) is 10.4. The van der Waals surface area contributed by atoms with Crippen LogP contribution in [0.25, 0.3) is 0 Å². The Kier molecular flexibility index (Phi) is 6.66. The van der Waals surface area contributed by atoms with Crippen molar-refractivity contribution in [1.29, 1.82) is 0 Å². The van der Waals surface area contributed by atoms with Crippen molar-refractivity contribution in [2.75, 3.05) is 31.5 Å². The second kappa shape index (κ2) is 9.41. The fourth-order valence-corrected chi connectivity index (χ4v) is 4.91. The Morgan fingerprint density at radius 1 is 1.20 bits per heavy atom. The van der Waals surface area contributed by atoms with Gasteiger partial charge in [-0.1, -0.05) is 23.7 Å². The van der Waals surface area contributed by atoms with Crippen molar-refractivity contribution >= 4 is 40.9 Å². The van der Waals surface area contributed by atoms with Crippen LogP contribution in [0.4, 0.5) is 5.69 Å². The maximum Gasteiger partial charge on any atom is 0.254 e. The summed E-state index contributed by atoms with van der Waals surface area (Å²) in [5.41, 5.74) is 2.37. The molecule has 2 aromatic rings. The van der Waals surface area contributed by atoms with Crippen LogP contribution in [0.1, 0.15) is 35.7 Å². The molecule has 4 rings (SSSR count). The van der Waals surface area contributed by atoms with Gasteiger partial charge in [-0.05, 0) is 68.8 Å². The zero-order chi connectivity index (χ0) is 21.1. The smallest absolute Gasteiger partial charge is 0.254 e. The molecule has 0 aromatic heterocycles. The van der Waals surface area contributed by atoms with Gasteiger partial charge in [0.1, 0.15) is 0 Å². The van der Waals surface area contributed by atoms with Gasteiger partial charge in [0.05, 0.1) is 10.9 Å². The summed E-state index contributed by atoms with van der Waals surface area (Å²) in [6, 6.07) is 13.2. The van der Waals surface area contributed by atoms with E-state index in [2.05, 4.69) is 10.2 Å². The quantitative estimate of drug-likeness (QED) is 0.713. The average Bonchev–Trinajstić information content (AvgIpc) is 3.26. The molecule has 0 radical (unpaired) electrons. The van der Waals surface area contributed by atoms with Crippen molar-refractivity contribution < 1.29 is 9.59 Å². The van der Waals surface area contributed by atoms with Crippen LogP contribution in [0.5, 0.6) is 0 Å². The molecule has 0 bridgehead atoms. The Balaban J connectivity index is 1.54. The number of rotatable bonds is 6. The van der Waals surface area contributed by atoms with Gasteiger partial charge in [0.2, 0.25) is 5.91 Å². The molecule has 7 heteroatoms. The zero-order valence-corrected chi connectivity index (χ0v) is 18.6. The van der Waals surface area contributed by atoms with Gasteiger partial charge >= 0.3 is 0 Å². The van der Waals surface area contributed by atoms with E-state index in [-0.39, 0.29) is 17.1 Å². The van der Waals surface area contributed by atoms with E-state index in [1.54, 1.807) is 6.07 Å². The second-order valence-corrected chi connectivity index (χ2v) is 9.68. The van der Waals surface area contributed by atoms with Crippen LogP contribution in [0.2, 0.25) is 5.02 Å². The molecule has 0 spiro atoms. The molecule has 1 fully saturated rings. The standard InChI is InChI=1S/C23H26ClN3O2S/c1-16-22(28)25-20-14-18(6-9-21(20)30-16)23(29)27(13-12-26-10-2-3-11-26)15-17-4-7-19(24)8-5-17/h4-9,14,16H,2-3,10-13,15H2,1H3,(H,25,28)/t16-/m1/s1. The summed E-state index contributed by atoms with van der Waals surface area (Å²) in [7, 11) is 0. The number of hydrogen-bond acceptors (Lipinski definition) is 4. The molecule has 0 aliphatic carbocycles. The van der Waals surface area contributed by atoms with Crippen LogP contribution in [-0.2, 0) is 11.3 Å². The van der Waals surface area contributed by atoms with Crippen LogP contribution in [0.3, 0.4) is 0 Å². The minimum atomic E-state index is -0.124. The lowest BCUT2D eigenvalue weighted by atomic mass is 10.1. The number of nitrogens with one attached hydrogen (secondary N) is 1. The van der Waals surface area contributed by atoms with Gasteiger partial charge in [-0.3, -0.25) is 9.59 Å². The van der Waals surface area contributed by atoms with Crippen molar-refractivity contribution in [2.24, 2.45) is 0 Å². The van der Waals surface area contributed by atoms with E-state index in [4.69, 9.17) is 11.6 Å². The number of benzene rings is 2. The van der Waals surface area contributed by atoms with Gasteiger partial charge in [0, 0.05) is 35.1 Å². The number of fused-ring (bicyclic) bond motifs is 1. The summed E-state index contributed by atoms with van der Waals surface area (Å²) in [6.45, 7) is 6.14. The summed E-state index contributed by atoms with van der Waals surface area (Å²) < 4.78 is 0. The minimum absolute atomic E-state index is 0.0233. The Morgan fingerprint density at radius 2 is 1.93 bits per heavy atom. The van der Waals surface area contributed by atoms with E-state index >= 15 is 0 Å². The molecular weight excluding hydrogens is 418 g/mol. The molecule has 2 amide bonds. The minimum Gasteiger partial charge on any atom is -0.333 e. The van der Waals surface area contributed by atoms with Crippen LogP contribution >= 0.6 is 23.4 Å². The first kappa shape index (κ1) is 21.2. The van der Waals surface area contributed by atoms with Gasteiger partial charge in [-0.15, -0.1) is 11.8 Å². The highest BCUT2D eigenvalue weighted by atomic mass is 35.5. The lowest BCUT2D eigenvalue weighted by Gasteiger charge is -2.27. The molecule has 2 aliphatic rings. The largest absolute Gasteiger partial charge is 0.333 e. The maximum absolute atomic E-state index is 13.4. The zero-order valence-electron chi connectivity index (χ0n) is 17.1. The van der Waals surface area contributed by atoms with Crippen LogP contribution in [-0.4, -0.2) is 53.0 Å². The van der Waals surface area contributed by atoms with Crippen molar-refractivity contribution in [3.63, 3.8) is 0 Å². The van der Waals surface area contributed by atoms with E-state index < -0.39 is 0 Å². The van der Waals surface area contributed by atoms with E-state index in [0.29, 0.717) is 23.7 Å². The Labute approximate surface area is 186 Å². The number of amides is 2. The highest BCUT2D eigenvalue weighted by Crippen LogP contribution is 2.36. The van der Waals surface area contributed by atoms with Gasteiger partial charge in [-0.2, -0.15) is 0 Å². The van der Waals surface area contributed by atoms with Crippen LogP contribution in [0, 0.1) is 0 Å². The second-order valence-electron chi connectivity index (χ2n) is 7.86. The third-order valence-corrected chi connectivity index (χ3v) is 7.05. The van der Waals surface area contributed by atoms with Crippen molar-refractivity contribution in [3.05, 3.63) is 58.6 Å². The summed E-state index contributed by atoms with van der Waals surface area (Å²) in [5.74, 6) is -0.0472. The van der Waals surface area contributed by atoms with Crippen molar-refractivity contribution in [2.45, 2.75) is 36.5 Å². The molecule has 30 heavy (non-hydrogen) atoms. The highest BCUT2D eigenvalue weighted by molar-refractivity contribution is 8.00. The fraction of sp³-hybridized carbons (Fsp3) is 0.391. The molecule has 0 unspecified atom stereocenters. The molecule has 5 nitrogen and oxygen atoms in total. The Hall–Kier alpha value is -2.02. The SMILES string of the molecule is C[C@H]1Sc2ccc(C(=O)N(CCN3CCCC3)Cc3ccc(Cl)cc3)cc2NC1=O. The number of hydrogen-bond donors (Lipinski definition) is 1. The van der Waals surface area contributed by atoms with E-state index in [9.17, 15) is 9.59 Å². The number of halogens is 1. The van der Waals surface area contributed by atoms with E-state index in [0.717, 1.165) is 35.8 Å². The van der Waals surface area contributed by atoms with E-state index in [1.807, 2.05) is 48.2 Å². The number of anilines is 1. The topological polar surface area (TPSA) is 52.7 Å². The summed E-state index contributed by atoms with van der Waals surface area (Å²) >= 11 is 7.54. The molecule has 1 saturated heterocycles. The molecule has 158 valence electrons. The number of carbonyl (C=O) groups is 2. The lowest BCUT2D eigenvalue weighted by Crippen LogP contribution is -2.37. The van der Waals surface area contributed by atoms with E-state index in [1.165, 1.54) is 24.6 Å². The average molecular weight is 444 g/mol. The number of thioether (sulfide) groups is 1. The van der Waals surface area contributed by atoms with Crippen LogP contribution in [0.15, 0.2) is 47.4 Å². The third kappa shape index (κ3) is 4.99. The Bertz CT molecular complexity index is 929. The van der Waals surface area contributed by atoms with Gasteiger partial charge in [-0.25, -0.2) is 0 Å². The van der Waals surface area contributed by atoms with Crippen molar-refractivity contribution in [3.8, 4) is 0 Å². The molecule has 0 saturated carbocycles. The number of carbonyl (C=O) groups excluding carboxylic acids is 2. The maximum atomic E-state index is 13.4. The number of likely N-dealkylation sites (tertiary alicyclic amines) is 1. The van der Waals surface area contributed by atoms with Gasteiger partial charge in [0.15, 0.2) is 0 Å². The fourth-order valence-electron chi connectivity index (χ4n) is 3.86. The number of nitrogens with zero attached hydrogens (tertiary/aromatic N) is 2. The highest BCUT2D eigenvalue weighted by Gasteiger charge is 2.25. The monoisotopic (exact) mass is 443 g/mol. The summed E-state index contributed by atoms with van der Waals surface area (Å²) in [6.07, 6.45) is 2.46. The van der Waals surface area contributed by atoms with Crippen LogP contribution < -0.4 is 5.32 Å². The van der Waals surface area contributed by atoms with Gasteiger partial charge < -0.3 is 15.1 Å². The van der Waals surface area contributed by atoms with Crippen molar-refractivity contribution in [1.82, 2.24) is 9.80 Å². The first-order valence-corrected chi connectivity index (χ1v) is 11.6. The first-order chi connectivity index (χ1) is 14.5. The molecule has 2 aliphatic heterocycles. The molecule has 2 aromatic carbocycles. The summed E-state index contributed by atoms with van der Waals surface area (Å²) in [4.78, 5) is 30.8. The predicted molar refractivity (Wildman–Crippen MR) is 122 cm³/mol. The van der Waals surface area contributed by atoms with Gasteiger partial charge in [0.25, 0.3) is 5.91 Å². The predicted octanol–water partition coefficient (Wildman–Crippen LogP) is 4.51. The third-order valence-electron chi connectivity index (χ3n) is 5.62. The molecular formula is C23H26ClN3O2S. The Morgan fingerprint density at radius 3 is 2.67 bits per heavy atom. The normalized spacial score (nSPS) is 18.7. The molecule has 2 heterocycles. The lowest BCUT2D eigenvalue weighted by molar-refractivity contribution is -0.115. The molecule has 1 atom stereocenters.